The second kappa shape index (κ2) is 7.06. The van der Waals surface area contributed by atoms with Crippen LogP contribution in [0, 0.1) is 52.3 Å². The summed E-state index contributed by atoms with van der Waals surface area (Å²) in [4.78, 5) is 0. The molecule has 6 aliphatic rings. The van der Waals surface area contributed by atoms with E-state index in [9.17, 15) is 5.11 Å². The van der Waals surface area contributed by atoms with E-state index in [0.29, 0.717) is 41.3 Å². The summed E-state index contributed by atoms with van der Waals surface area (Å²) in [7, 11) is 0. The second-order valence-corrected chi connectivity index (χ2v) is 13.1. The van der Waals surface area contributed by atoms with Crippen molar-refractivity contribution in [3.05, 3.63) is 11.6 Å². The molecule has 3 nitrogen and oxygen atoms in total. The van der Waals surface area contributed by atoms with Crippen LogP contribution in [0.3, 0.4) is 0 Å². The number of aliphatic hydroxyl groups excluding tert-OH is 1. The molecule has 5 fully saturated rings. The molecular formula is C28H44O3. The molecule has 0 amide bonds. The van der Waals surface area contributed by atoms with Crippen molar-refractivity contribution in [1.29, 1.82) is 0 Å². The van der Waals surface area contributed by atoms with Crippen LogP contribution >= 0.6 is 0 Å². The Morgan fingerprint density at radius 1 is 1.06 bits per heavy atom. The minimum absolute atomic E-state index is 0.243. The standard InChI is InChI=1S/C28H44O3/c1-17-7-10-26(3)20(13-17)5-6-21-22(26)9-11-27(4)23(21)14-24-25(27)18(2)28(31-24)12-8-19(15-29)16-30-28/h5,17-19,21-25,29H,6-16H2,1-4H3/t17?,18?,19?,21?,22?,23?,24?,25?,26-,27-,28?/m0/s1. The van der Waals surface area contributed by atoms with E-state index in [1.807, 2.05) is 5.57 Å². The monoisotopic (exact) mass is 428 g/mol. The van der Waals surface area contributed by atoms with E-state index in [1.165, 1.54) is 44.9 Å². The van der Waals surface area contributed by atoms with Crippen molar-refractivity contribution in [3.8, 4) is 0 Å². The predicted molar refractivity (Wildman–Crippen MR) is 122 cm³/mol. The summed E-state index contributed by atoms with van der Waals surface area (Å²) in [5, 5.41) is 9.55. The second-order valence-electron chi connectivity index (χ2n) is 13.1. The molecule has 1 N–H and O–H groups in total. The molecule has 3 heteroatoms. The van der Waals surface area contributed by atoms with Gasteiger partial charge in [0.15, 0.2) is 5.79 Å². The van der Waals surface area contributed by atoms with Gasteiger partial charge in [0.05, 0.1) is 12.7 Å². The molecule has 6 rings (SSSR count). The Labute approximate surface area is 189 Å². The van der Waals surface area contributed by atoms with Crippen LogP contribution in [0.15, 0.2) is 11.6 Å². The van der Waals surface area contributed by atoms with Crippen LogP contribution in [0.2, 0.25) is 0 Å². The van der Waals surface area contributed by atoms with Crippen LogP contribution in [-0.2, 0) is 9.47 Å². The van der Waals surface area contributed by atoms with E-state index >= 15 is 0 Å². The van der Waals surface area contributed by atoms with Crippen LogP contribution < -0.4 is 0 Å². The molecule has 0 aromatic rings. The molecule has 2 aliphatic heterocycles. The van der Waals surface area contributed by atoms with E-state index in [-0.39, 0.29) is 12.4 Å². The summed E-state index contributed by atoms with van der Waals surface area (Å²) in [6, 6.07) is 0. The first-order chi connectivity index (χ1) is 14.8. The third-order valence-corrected chi connectivity index (χ3v) is 11.7. The lowest BCUT2D eigenvalue weighted by molar-refractivity contribution is -0.275. The SMILES string of the molecule is CC1CC[C@@]2(C)C(=CCC3C4CC5OC6(CCC(CO)CO6)C(C)C5[C@@]4(C)CCC32)C1. The molecule has 31 heavy (non-hydrogen) atoms. The molecule has 0 bridgehead atoms. The van der Waals surface area contributed by atoms with Crippen molar-refractivity contribution in [2.75, 3.05) is 13.2 Å². The minimum atomic E-state index is -0.378. The lowest BCUT2D eigenvalue weighted by atomic mass is 9.46. The summed E-state index contributed by atoms with van der Waals surface area (Å²) in [6.07, 6.45) is 14.6. The summed E-state index contributed by atoms with van der Waals surface area (Å²) in [5.41, 5.74) is 2.68. The molecule has 4 aliphatic carbocycles. The van der Waals surface area contributed by atoms with Gasteiger partial charge in [-0.05, 0) is 91.8 Å². The Morgan fingerprint density at radius 2 is 1.90 bits per heavy atom. The van der Waals surface area contributed by atoms with Gasteiger partial charge >= 0.3 is 0 Å². The van der Waals surface area contributed by atoms with Crippen molar-refractivity contribution in [3.63, 3.8) is 0 Å². The zero-order valence-corrected chi connectivity index (χ0v) is 20.2. The van der Waals surface area contributed by atoms with Gasteiger partial charge in [0.1, 0.15) is 0 Å². The average molecular weight is 429 g/mol. The van der Waals surface area contributed by atoms with Crippen LogP contribution in [-0.4, -0.2) is 30.2 Å². The van der Waals surface area contributed by atoms with Crippen molar-refractivity contribution in [2.45, 2.75) is 97.4 Å². The normalized spacial score (nSPS) is 58.3. The smallest absolute Gasteiger partial charge is 0.171 e. The first kappa shape index (κ1) is 21.2. The fraction of sp³-hybridized carbons (Fsp3) is 0.929. The number of fused-ring (bicyclic) bond motifs is 7. The number of hydrogen-bond donors (Lipinski definition) is 1. The maximum absolute atomic E-state index is 9.55. The lowest BCUT2D eigenvalue weighted by Gasteiger charge is -2.58. The largest absolute Gasteiger partial charge is 0.396 e. The van der Waals surface area contributed by atoms with Crippen LogP contribution in [0.4, 0.5) is 0 Å². The minimum Gasteiger partial charge on any atom is -0.396 e. The van der Waals surface area contributed by atoms with Crippen LogP contribution in [0.5, 0.6) is 0 Å². The summed E-state index contributed by atoms with van der Waals surface area (Å²) in [6.45, 7) is 11.0. The Hall–Kier alpha value is -0.380. The van der Waals surface area contributed by atoms with E-state index in [0.717, 1.165) is 36.5 Å². The molecule has 2 saturated heterocycles. The molecule has 0 radical (unpaired) electrons. The predicted octanol–water partition coefficient (Wildman–Crippen LogP) is 5.96. The van der Waals surface area contributed by atoms with Gasteiger partial charge in [-0.15, -0.1) is 0 Å². The van der Waals surface area contributed by atoms with Gasteiger partial charge in [-0.25, -0.2) is 0 Å². The van der Waals surface area contributed by atoms with Gasteiger partial charge in [-0.1, -0.05) is 39.3 Å². The Morgan fingerprint density at radius 3 is 2.65 bits per heavy atom. The number of ether oxygens (including phenoxy) is 2. The first-order valence-corrected chi connectivity index (χ1v) is 13.4. The average Bonchev–Trinajstić information content (AvgIpc) is 3.20. The highest BCUT2D eigenvalue weighted by molar-refractivity contribution is 5.26. The topological polar surface area (TPSA) is 38.7 Å². The van der Waals surface area contributed by atoms with Crippen molar-refractivity contribution < 1.29 is 14.6 Å². The summed E-state index contributed by atoms with van der Waals surface area (Å²) in [5.74, 6) is 4.44. The number of aliphatic hydroxyl groups is 1. The maximum Gasteiger partial charge on any atom is 0.171 e. The fourth-order valence-corrected chi connectivity index (χ4v) is 9.94. The zero-order valence-electron chi connectivity index (χ0n) is 20.2. The van der Waals surface area contributed by atoms with Crippen LogP contribution in [0.25, 0.3) is 0 Å². The van der Waals surface area contributed by atoms with Gasteiger partial charge in [-0.3, -0.25) is 0 Å². The molecule has 3 saturated carbocycles. The van der Waals surface area contributed by atoms with Gasteiger partial charge in [0.2, 0.25) is 0 Å². The van der Waals surface area contributed by atoms with E-state index in [2.05, 4.69) is 33.8 Å². The number of hydrogen-bond acceptors (Lipinski definition) is 3. The van der Waals surface area contributed by atoms with E-state index in [4.69, 9.17) is 9.47 Å². The Bertz CT molecular complexity index is 751. The molecule has 2 heterocycles. The molecule has 174 valence electrons. The van der Waals surface area contributed by atoms with E-state index in [1.54, 1.807) is 0 Å². The maximum atomic E-state index is 9.55. The third kappa shape index (κ3) is 2.81. The van der Waals surface area contributed by atoms with Crippen molar-refractivity contribution in [1.82, 2.24) is 0 Å². The first-order valence-electron chi connectivity index (χ1n) is 13.4. The molecule has 0 aromatic carbocycles. The van der Waals surface area contributed by atoms with E-state index < -0.39 is 0 Å². The van der Waals surface area contributed by atoms with Gasteiger partial charge in [0, 0.05) is 24.9 Å². The van der Waals surface area contributed by atoms with Crippen molar-refractivity contribution >= 4 is 0 Å². The molecule has 0 aromatic heterocycles. The summed E-state index contributed by atoms with van der Waals surface area (Å²) < 4.78 is 13.3. The Kier molecular flexibility index (Phi) is 4.82. The van der Waals surface area contributed by atoms with Crippen LogP contribution in [0.1, 0.15) is 85.5 Å². The van der Waals surface area contributed by atoms with Gasteiger partial charge in [0.25, 0.3) is 0 Å². The van der Waals surface area contributed by atoms with Crippen molar-refractivity contribution in [2.24, 2.45) is 52.3 Å². The third-order valence-electron chi connectivity index (χ3n) is 11.7. The number of allylic oxidation sites excluding steroid dienone is 2. The zero-order chi connectivity index (χ0) is 21.6. The molecule has 9 unspecified atom stereocenters. The highest BCUT2D eigenvalue weighted by Crippen LogP contribution is 2.70. The fourth-order valence-electron chi connectivity index (χ4n) is 9.94. The summed E-state index contributed by atoms with van der Waals surface area (Å²) >= 11 is 0. The molecule has 1 spiro atoms. The molecule has 11 atom stereocenters. The highest BCUT2D eigenvalue weighted by Gasteiger charge is 2.68. The lowest BCUT2D eigenvalue weighted by Crippen LogP contribution is -2.52. The molecular weight excluding hydrogens is 384 g/mol. The van der Waals surface area contributed by atoms with Gasteiger partial charge < -0.3 is 14.6 Å². The highest BCUT2D eigenvalue weighted by atomic mass is 16.7. The number of rotatable bonds is 1. The van der Waals surface area contributed by atoms with Gasteiger partial charge in [-0.2, -0.15) is 0 Å². The Balaban J connectivity index is 1.26. The quantitative estimate of drug-likeness (QED) is 0.524.